The first-order valence-electron chi connectivity index (χ1n) is 11.8. The molecule has 1 aliphatic heterocycles. The minimum absolute atomic E-state index is 0.0265. The van der Waals surface area contributed by atoms with E-state index in [0.29, 0.717) is 35.1 Å². The van der Waals surface area contributed by atoms with Crippen LogP contribution in [0.15, 0.2) is 78.9 Å². The van der Waals surface area contributed by atoms with Gasteiger partial charge in [-0.25, -0.2) is 9.69 Å². The summed E-state index contributed by atoms with van der Waals surface area (Å²) in [6, 6.07) is 15.4. The Kier molecular flexibility index (Phi) is 8.13. The highest BCUT2D eigenvalue weighted by molar-refractivity contribution is 6.39. The average Bonchev–Trinajstić information content (AvgIpc) is 2.87. The number of benzene rings is 3. The number of anilines is 1. The molecule has 194 valence electrons. The maximum atomic E-state index is 13.2. The minimum atomic E-state index is -0.880. The molecule has 0 bridgehead atoms. The lowest BCUT2D eigenvalue weighted by Gasteiger charge is -2.26. The highest BCUT2D eigenvalue weighted by atomic mass is 35.5. The topological polar surface area (TPSA) is 105 Å². The van der Waals surface area contributed by atoms with Crippen LogP contribution in [0, 0.1) is 0 Å². The maximum absolute atomic E-state index is 13.2. The Morgan fingerprint density at radius 1 is 1.05 bits per heavy atom. The van der Waals surface area contributed by atoms with Crippen LogP contribution in [0.5, 0.6) is 17.2 Å². The molecule has 0 aromatic heterocycles. The van der Waals surface area contributed by atoms with Gasteiger partial charge in [0.15, 0.2) is 11.5 Å². The predicted molar refractivity (Wildman–Crippen MR) is 144 cm³/mol. The SMILES string of the molecule is C=CCc1cc(/C=C2\C(=O)NC(=O)N(c3ccc(O)cc3)C2=O)cc(OCC)c1OCc1cccc(Cl)c1. The van der Waals surface area contributed by atoms with Crippen LogP contribution in [-0.4, -0.2) is 29.6 Å². The van der Waals surface area contributed by atoms with Crippen LogP contribution < -0.4 is 19.7 Å². The summed E-state index contributed by atoms with van der Waals surface area (Å²) in [5.74, 6) is -0.708. The van der Waals surface area contributed by atoms with Gasteiger partial charge in [0.05, 0.1) is 12.3 Å². The molecule has 3 aromatic carbocycles. The van der Waals surface area contributed by atoms with Crippen molar-refractivity contribution in [3.05, 3.63) is 101 Å². The molecular weight excluding hydrogens is 508 g/mol. The van der Waals surface area contributed by atoms with Crippen molar-refractivity contribution in [1.82, 2.24) is 5.32 Å². The number of phenolic OH excluding ortho intramolecular Hbond substituents is 1. The third kappa shape index (κ3) is 5.87. The van der Waals surface area contributed by atoms with Crippen molar-refractivity contribution in [3.63, 3.8) is 0 Å². The number of rotatable bonds is 9. The average molecular weight is 533 g/mol. The number of carbonyl (C=O) groups is 3. The number of halogens is 1. The first kappa shape index (κ1) is 26.5. The molecule has 0 spiro atoms. The van der Waals surface area contributed by atoms with E-state index in [1.165, 1.54) is 30.3 Å². The molecule has 0 saturated carbocycles. The number of aromatic hydroxyl groups is 1. The van der Waals surface area contributed by atoms with Gasteiger partial charge in [-0.15, -0.1) is 6.58 Å². The number of hydrogen-bond acceptors (Lipinski definition) is 6. The zero-order valence-electron chi connectivity index (χ0n) is 20.6. The number of imide groups is 2. The van der Waals surface area contributed by atoms with Crippen molar-refractivity contribution in [1.29, 1.82) is 0 Å². The Balaban J connectivity index is 1.71. The highest BCUT2D eigenvalue weighted by Gasteiger charge is 2.37. The van der Waals surface area contributed by atoms with Crippen molar-refractivity contribution >= 4 is 41.2 Å². The van der Waals surface area contributed by atoms with E-state index in [9.17, 15) is 19.5 Å². The van der Waals surface area contributed by atoms with Gasteiger partial charge in [-0.05, 0) is 79.1 Å². The minimum Gasteiger partial charge on any atom is -0.508 e. The molecule has 0 unspecified atom stereocenters. The van der Waals surface area contributed by atoms with Gasteiger partial charge >= 0.3 is 6.03 Å². The van der Waals surface area contributed by atoms with Gasteiger partial charge in [-0.3, -0.25) is 14.9 Å². The smallest absolute Gasteiger partial charge is 0.335 e. The fourth-order valence-electron chi connectivity index (χ4n) is 3.94. The number of amides is 4. The lowest BCUT2D eigenvalue weighted by Crippen LogP contribution is -2.54. The second kappa shape index (κ2) is 11.7. The van der Waals surface area contributed by atoms with Crippen molar-refractivity contribution in [2.45, 2.75) is 20.0 Å². The Hall–Kier alpha value is -4.56. The van der Waals surface area contributed by atoms with Crippen LogP contribution in [0.25, 0.3) is 6.08 Å². The quantitative estimate of drug-likeness (QED) is 0.217. The third-order valence-corrected chi connectivity index (χ3v) is 5.85. The lowest BCUT2D eigenvalue weighted by molar-refractivity contribution is -0.122. The zero-order valence-corrected chi connectivity index (χ0v) is 21.3. The molecule has 1 saturated heterocycles. The van der Waals surface area contributed by atoms with Gasteiger partial charge in [0, 0.05) is 10.6 Å². The maximum Gasteiger partial charge on any atom is 0.335 e. The van der Waals surface area contributed by atoms with E-state index in [-0.39, 0.29) is 23.6 Å². The number of nitrogens with zero attached hydrogens (tertiary/aromatic N) is 1. The van der Waals surface area contributed by atoms with Crippen LogP contribution >= 0.6 is 11.6 Å². The van der Waals surface area contributed by atoms with Crippen LogP contribution in [0.4, 0.5) is 10.5 Å². The van der Waals surface area contributed by atoms with Crippen LogP contribution in [0.1, 0.15) is 23.6 Å². The fourth-order valence-corrected chi connectivity index (χ4v) is 4.16. The molecule has 8 nitrogen and oxygen atoms in total. The van der Waals surface area contributed by atoms with E-state index in [1.54, 1.807) is 24.3 Å². The molecule has 0 radical (unpaired) electrons. The van der Waals surface area contributed by atoms with Gasteiger partial charge in [0.1, 0.15) is 17.9 Å². The van der Waals surface area contributed by atoms with Crippen LogP contribution in [0.2, 0.25) is 5.02 Å². The number of ether oxygens (including phenoxy) is 2. The number of phenols is 1. The summed E-state index contributed by atoms with van der Waals surface area (Å²) in [4.78, 5) is 39.2. The van der Waals surface area contributed by atoms with E-state index < -0.39 is 17.8 Å². The monoisotopic (exact) mass is 532 g/mol. The molecular formula is C29H25ClN2O6. The van der Waals surface area contributed by atoms with Crippen LogP contribution in [-0.2, 0) is 22.6 Å². The molecule has 4 rings (SSSR count). The van der Waals surface area contributed by atoms with Crippen molar-refractivity contribution in [2.24, 2.45) is 0 Å². The second-order valence-electron chi connectivity index (χ2n) is 8.33. The molecule has 1 aliphatic rings. The van der Waals surface area contributed by atoms with Gasteiger partial charge in [-0.2, -0.15) is 0 Å². The number of barbiturate groups is 1. The Labute approximate surface area is 224 Å². The van der Waals surface area contributed by atoms with Gasteiger partial charge in [0.2, 0.25) is 0 Å². The van der Waals surface area contributed by atoms with Gasteiger partial charge in [0.25, 0.3) is 11.8 Å². The summed E-state index contributed by atoms with van der Waals surface area (Å²) in [7, 11) is 0. The normalized spacial score (nSPS) is 14.4. The molecule has 9 heteroatoms. The van der Waals surface area contributed by atoms with Crippen LogP contribution in [0.3, 0.4) is 0 Å². The fraction of sp³-hybridized carbons (Fsp3) is 0.138. The number of nitrogens with one attached hydrogen (secondary N) is 1. The zero-order chi connectivity index (χ0) is 27.2. The molecule has 4 amide bonds. The van der Waals surface area contributed by atoms with Gasteiger partial charge < -0.3 is 14.6 Å². The standard InChI is InChI=1S/C29H25ClN2O6/c1-3-6-20-13-19(16-25(37-4-2)26(20)38-17-18-7-5-8-21(30)14-18)15-24-27(34)31-29(36)32(28(24)35)22-9-11-23(33)12-10-22/h3,5,7-16,33H,1,4,6,17H2,2H3,(H,31,34,36)/b24-15+. The largest absolute Gasteiger partial charge is 0.508 e. The third-order valence-electron chi connectivity index (χ3n) is 5.61. The first-order chi connectivity index (χ1) is 18.3. The van der Waals surface area contributed by atoms with E-state index in [2.05, 4.69) is 11.9 Å². The van der Waals surface area contributed by atoms with E-state index >= 15 is 0 Å². The van der Waals surface area contributed by atoms with Crippen molar-refractivity contribution in [2.75, 3.05) is 11.5 Å². The summed E-state index contributed by atoms with van der Waals surface area (Å²) >= 11 is 6.10. The van der Waals surface area contributed by atoms with Crippen molar-refractivity contribution in [3.8, 4) is 17.2 Å². The predicted octanol–water partition coefficient (Wildman–Crippen LogP) is 5.42. The lowest BCUT2D eigenvalue weighted by atomic mass is 10.0. The summed E-state index contributed by atoms with van der Waals surface area (Å²) in [6.45, 7) is 6.25. The summed E-state index contributed by atoms with van der Waals surface area (Å²) < 4.78 is 12.0. The molecule has 2 N–H and O–H groups in total. The van der Waals surface area contributed by atoms with E-state index in [0.717, 1.165) is 16.0 Å². The molecule has 38 heavy (non-hydrogen) atoms. The molecule has 1 heterocycles. The molecule has 0 aliphatic carbocycles. The molecule has 0 atom stereocenters. The van der Waals surface area contributed by atoms with E-state index in [4.69, 9.17) is 21.1 Å². The number of urea groups is 1. The first-order valence-corrected chi connectivity index (χ1v) is 12.2. The van der Waals surface area contributed by atoms with Crippen molar-refractivity contribution < 1.29 is 29.0 Å². The van der Waals surface area contributed by atoms with Gasteiger partial charge in [-0.1, -0.05) is 29.8 Å². The Morgan fingerprint density at radius 2 is 1.82 bits per heavy atom. The summed E-state index contributed by atoms with van der Waals surface area (Å²) in [6.07, 6.45) is 3.53. The molecule has 1 fully saturated rings. The Morgan fingerprint density at radius 3 is 2.50 bits per heavy atom. The summed E-state index contributed by atoms with van der Waals surface area (Å²) in [5.41, 5.74) is 2.07. The highest BCUT2D eigenvalue weighted by Crippen LogP contribution is 2.36. The summed E-state index contributed by atoms with van der Waals surface area (Å²) in [5, 5.41) is 12.3. The number of carbonyl (C=O) groups excluding carboxylic acids is 3. The Bertz CT molecular complexity index is 1430. The number of allylic oxidation sites excluding steroid dienone is 1. The second-order valence-corrected chi connectivity index (χ2v) is 8.76. The van der Waals surface area contributed by atoms with E-state index in [1.807, 2.05) is 25.1 Å². The molecule has 3 aromatic rings. The number of hydrogen-bond donors (Lipinski definition) is 2.